The number of aromatic nitrogens is 3. The zero-order valence-electron chi connectivity index (χ0n) is 16.1. The van der Waals surface area contributed by atoms with Crippen molar-refractivity contribution in [3.63, 3.8) is 0 Å². The van der Waals surface area contributed by atoms with Gasteiger partial charge in [-0.1, -0.05) is 30.3 Å². The van der Waals surface area contributed by atoms with Crippen LogP contribution in [0.5, 0.6) is 0 Å². The summed E-state index contributed by atoms with van der Waals surface area (Å²) in [5.41, 5.74) is 0.997. The molecule has 7 nitrogen and oxygen atoms in total. The molecule has 1 aromatic carbocycles. The molecule has 2 aliphatic rings. The Kier molecular flexibility index (Phi) is 4.97. The molecule has 2 aromatic rings. The highest BCUT2D eigenvalue weighted by Gasteiger charge is 2.44. The lowest BCUT2D eigenvalue weighted by atomic mass is 10.0. The molecule has 144 valence electrons. The third-order valence-electron chi connectivity index (χ3n) is 5.46. The van der Waals surface area contributed by atoms with Crippen LogP contribution in [-0.4, -0.2) is 69.8 Å². The smallest absolute Gasteiger partial charge is 0.236 e. The van der Waals surface area contributed by atoms with Crippen LogP contribution in [0.15, 0.2) is 30.3 Å². The molecule has 4 rings (SSSR count). The summed E-state index contributed by atoms with van der Waals surface area (Å²) in [5, 5.41) is 8.72. The van der Waals surface area contributed by atoms with Gasteiger partial charge in [0.2, 0.25) is 5.91 Å². The van der Waals surface area contributed by atoms with Gasteiger partial charge in [-0.2, -0.15) is 0 Å². The van der Waals surface area contributed by atoms with Gasteiger partial charge in [0.15, 0.2) is 5.82 Å². The van der Waals surface area contributed by atoms with Crippen LogP contribution in [0.1, 0.15) is 23.6 Å². The van der Waals surface area contributed by atoms with Gasteiger partial charge in [0.25, 0.3) is 0 Å². The number of hydrogen-bond donors (Lipinski definition) is 0. The zero-order chi connectivity index (χ0) is 18.9. The minimum Gasteiger partial charge on any atom is -0.363 e. The van der Waals surface area contributed by atoms with Crippen LogP contribution >= 0.6 is 0 Å². The number of carbonyl (C=O) groups is 1. The third-order valence-corrected chi connectivity index (χ3v) is 5.46. The van der Waals surface area contributed by atoms with Crippen LogP contribution in [0.4, 0.5) is 0 Å². The van der Waals surface area contributed by atoms with E-state index in [0.29, 0.717) is 19.7 Å². The van der Waals surface area contributed by atoms with Gasteiger partial charge in [-0.05, 0) is 32.5 Å². The van der Waals surface area contributed by atoms with Crippen LogP contribution < -0.4 is 0 Å². The summed E-state index contributed by atoms with van der Waals surface area (Å²) in [4.78, 5) is 16.2. The fourth-order valence-electron chi connectivity index (χ4n) is 3.97. The summed E-state index contributed by atoms with van der Waals surface area (Å²) in [5.74, 6) is 2.07. The van der Waals surface area contributed by atoms with Crippen molar-refractivity contribution in [2.24, 2.45) is 0 Å². The molecule has 0 saturated carbocycles. The van der Waals surface area contributed by atoms with Crippen molar-refractivity contribution in [2.75, 3.05) is 33.7 Å². The number of carbonyl (C=O) groups excluding carboxylic acids is 1. The molecule has 27 heavy (non-hydrogen) atoms. The van der Waals surface area contributed by atoms with E-state index in [0.717, 1.165) is 44.0 Å². The molecule has 0 N–H and O–H groups in total. The van der Waals surface area contributed by atoms with Crippen LogP contribution in [0.3, 0.4) is 0 Å². The molecule has 7 heteroatoms. The molecule has 1 saturated heterocycles. The molecule has 1 aromatic heterocycles. The molecule has 0 aliphatic carbocycles. The van der Waals surface area contributed by atoms with E-state index in [2.05, 4.69) is 39.0 Å². The Labute approximate surface area is 159 Å². The molecule has 1 fully saturated rings. The number of aryl methyl sites for hydroxylation is 2. The fourth-order valence-corrected chi connectivity index (χ4v) is 3.97. The SMILES string of the molecule is CN(C)CC(=O)N1CCC2(C1)Cn1c(CCc3ccccc3)nnc1CO2. The van der Waals surface area contributed by atoms with Crippen LogP contribution in [0.2, 0.25) is 0 Å². The quantitative estimate of drug-likeness (QED) is 0.791. The number of amides is 1. The first-order valence-corrected chi connectivity index (χ1v) is 9.56. The molecule has 3 heterocycles. The Balaban J connectivity index is 1.44. The van der Waals surface area contributed by atoms with Gasteiger partial charge in [0.1, 0.15) is 18.0 Å². The zero-order valence-corrected chi connectivity index (χ0v) is 16.1. The first-order valence-electron chi connectivity index (χ1n) is 9.56. The molecule has 1 unspecified atom stereocenters. The van der Waals surface area contributed by atoms with Gasteiger partial charge in [-0.3, -0.25) is 4.79 Å². The lowest BCUT2D eigenvalue weighted by molar-refractivity contribution is -0.134. The van der Waals surface area contributed by atoms with Crippen molar-refractivity contribution in [1.82, 2.24) is 24.6 Å². The highest BCUT2D eigenvalue weighted by atomic mass is 16.5. The Morgan fingerprint density at radius 3 is 2.78 bits per heavy atom. The van der Waals surface area contributed by atoms with Gasteiger partial charge in [-0.25, -0.2) is 0 Å². The molecule has 0 radical (unpaired) electrons. The van der Waals surface area contributed by atoms with Crippen molar-refractivity contribution < 1.29 is 9.53 Å². The predicted molar refractivity (Wildman–Crippen MR) is 101 cm³/mol. The average Bonchev–Trinajstić information content (AvgIpc) is 3.25. The number of ether oxygens (including phenoxy) is 1. The Morgan fingerprint density at radius 1 is 1.19 bits per heavy atom. The minimum absolute atomic E-state index is 0.166. The van der Waals surface area contributed by atoms with Crippen molar-refractivity contribution >= 4 is 5.91 Å². The van der Waals surface area contributed by atoms with E-state index in [1.54, 1.807) is 0 Å². The van der Waals surface area contributed by atoms with E-state index in [-0.39, 0.29) is 11.5 Å². The number of likely N-dealkylation sites (N-methyl/N-ethyl adjacent to an activating group) is 1. The summed E-state index contributed by atoms with van der Waals surface area (Å²) < 4.78 is 8.40. The maximum absolute atomic E-state index is 12.4. The Hall–Kier alpha value is -2.25. The standard InChI is InChI=1S/C20H27N5O2/c1-23(2)12-19(26)24-11-10-20(14-24)15-25-17(21-22-18(25)13-27-20)9-8-16-6-4-3-5-7-16/h3-7H,8-15H2,1-2H3. The van der Waals surface area contributed by atoms with Crippen LogP contribution in [0, 0.1) is 0 Å². The second-order valence-corrected chi connectivity index (χ2v) is 7.88. The lowest BCUT2D eigenvalue weighted by Gasteiger charge is -2.34. The molecule has 0 bridgehead atoms. The van der Waals surface area contributed by atoms with E-state index in [4.69, 9.17) is 4.74 Å². The first kappa shape index (κ1) is 18.1. The minimum atomic E-state index is -0.307. The van der Waals surface area contributed by atoms with E-state index >= 15 is 0 Å². The Morgan fingerprint density at radius 2 is 2.00 bits per heavy atom. The normalized spacial score (nSPS) is 21.8. The monoisotopic (exact) mass is 369 g/mol. The topological polar surface area (TPSA) is 63.5 Å². The number of fused-ring (bicyclic) bond motifs is 1. The van der Waals surface area contributed by atoms with Crippen LogP contribution in [-0.2, 0) is 35.5 Å². The van der Waals surface area contributed by atoms with Crippen molar-refractivity contribution in [3.05, 3.63) is 47.5 Å². The summed E-state index contributed by atoms with van der Waals surface area (Å²) in [6.45, 7) is 3.04. The largest absolute Gasteiger partial charge is 0.363 e. The number of benzene rings is 1. The second-order valence-electron chi connectivity index (χ2n) is 7.88. The van der Waals surface area contributed by atoms with E-state index < -0.39 is 0 Å². The summed E-state index contributed by atoms with van der Waals surface area (Å²) in [6, 6.07) is 10.4. The number of likely N-dealkylation sites (tertiary alicyclic amines) is 1. The first-order chi connectivity index (χ1) is 13.0. The summed E-state index contributed by atoms with van der Waals surface area (Å²) >= 11 is 0. The summed E-state index contributed by atoms with van der Waals surface area (Å²) in [7, 11) is 3.84. The molecule has 1 spiro atoms. The predicted octanol–water partition coefficient (Wildman–Crippen LogP) is 1.13. The molecule has 2 aliphatic heterocycles. The average molecular weight is 369 g/mol. The molecular formula is C20H27N5O2. The molecule has 1 amide bonds. The maximum Gasteiger partial charge on any atom is 0.236 e. The highest BCUT2D eigenvalue weighted by molar-refractivity contribution is 5.78. The third kappa shape index (κ3) is 3.89. The van der Waals surface area contributed by atoms with Gasteiger partial charge in [0.05, 0.1) is 19.6 Å². The molecule has 1 atom stereocenters. The van der Waals surface area contributed by atoms with E-state index in [1.807, 2.05) is 30.0 Å². The second kappa shape index (κ2) is 7.40. The van der Waals surface area contributed by atoms with Gasteiger partial charge >= 0.3 is 0 Å². The molecular weight excluding hydrogens is 342 g/mol. The highest BCUT2D eigenvalue weighted by Crippen LogP contribution is 2.32. The van der Waals surface area contributed by atoms with Gasteiger partial charge in [0, 0.05) is 13.0 Å². The van der Waals surface area contributed by atoms with Crippen molar-refractivity contribution in [2.45, 2.75) is 38.0 Å². The van der Waals surface area contributed by atoms with Crippen LogP contribution in [0.25, 0.3) is 0 Å². The van der Waals surface area contributed by atoms with E-state index in [1.165, 1.54) is 5.56 Å². The lowest BCUT2D eigenvalue weighted by Crippen LogP contribution is -2.46. The number of nitrogens with zero attached hydrogens (tertiary/aromatic N) is 5. The van der Waals surface area contributed by atoms with Gasteiger partial charge in [-0.15, -0.1) is 10.2 Å². The van der Waals surface area contributed by atoms with Gasteiger partial charge < -0.3 is 19.1 Å². The Bertz CT molecular complexity index is 804. The van der Waals surface area contributed by atoms with Crippen molar-refractivity contribution in [3.8, 4) is 0 Å². The number of hydrogen-bond acceptors (Lipinski definition) is 5. The number of rotatable bonds is 5. The fraction of sp³-hybridized carbons (Fsp3) is 0.550. The van der Waals surface area contributed by atoms with Crippen molar-refractivity contribution in [1.29, 1.82) is 0 Å². The summed E-state index contributed by atoms with van der Waals surface area (Å²) in [6.07, 6.45) is 2.67. The maximum atomic E-state index is 12.4. The van der Waals surface area contributed by atoms with E-state index in [9.17, 15) is 4.79 Å².